The first-order valence-corrected chi connectivity index (χ1v) is 8.46. The van der Waals surface area contributed by atoms with E-state index in [-0.39, 0.29) is 11.7 Å². The number of piperazine rings is 1. The number of benzene rings is 1. The van der Waals surface area contributed by atoms with Crippen LogP contribution in [0.2, 0.25) is 0 Å². The van der Waals surface area contributed by atoms with Crippen molar-refractivity contribution in [3.05, 3.63) is 53.5 Å². The maximum atomic E-state index is 12.4. The van der Waals surface area contributed by atoms with Crippen molar-refractivity contribution in [1.82, 2.24) is 9.80 Å². The minimum absolute atomic E-state index is 0.207. The van der Waals surface area contributed by atoms with Crippen LogP contribution >= 0.6 is 0 Å². The number of furan rings is 1. The highest BCUT2D eigenvalue weighted by atomic mass is 16.3. The van der Waals surface area contributed by atoms with Crippen molar-refractivity contribution in [2.45, 2.75) is 13.8 Å². The number of rotatable bonds is 2. The van der Waals surface area contributed by atoms with Crippen LogP contribution in [0.5, 0.6) is 0 Å². The number of nitrogens with one attached hydrogen (secondary N) is 1. The second kappa shape index (κ2) is 7.43. The maximum absolute atomic E-state index is 12.4. The van der Waals surface area contributed by atoms with Gasteiger partial charge in [0.05, 0.1) is 6.26 Å². The van der Waals surface area contributed by atoms with Crippen molar-refractivity contribution < 1.29 is 18.8 Å². The van der Waals surface area contributed by atoms with Gasteiger partial charge < -0.3 is 19.5 Å². The SMILES string of the molecule is Cc1ccc(NC(=O)C(=O)N2CCN(C(=O)c3ccco3)CC2)cc1C. The van der Waals surface area contributed by atoms with Crippen LogP contribution in [0.1, 0.15) is 21.7 Å². The highest BCUT2D eigenvalue weighted by Gasteiger charge is 2.29. The summed E-state index contributed by atoms with van der Waals surface area (Å²) in [4.78, 5) is 39.9. The molecule has 0 spiro atoms. The van der Waals surface area contributed by atoms with Crippen molar-refractivity contribution in [2.24, 2.45) is 0 Å². The summed E-state index contributed by atoms with van der Waals surface area (Å²) in [6.45, 7) is 5.28. The van der Waals surface area contributed by atoms with Crippen molar-refractivity contribution in [3.8, 4) is 0 Å². The van der Waals surface area contributed by atoms with E-state index in [1.165, 1.54) is 11.2 Å². The van der Waals surface area contributed by atoms with Crippen molar-refractivity contribution in [2.75, 3.05) is 31.5 Å². The molecule has 2 aromatic rings. The third-order valence-electron chi connectivity index (χ3n) is 4.55. The van der Waals surface area contributed by atoms with Gasteiger partial charge in [-0.25, -0.2) is 0 Å². The molecule has 1 aromatic carbocycles. The Kier molecular flexibility index (Phi) is 5.06. The topological polar surface area (TPSA) is 82.9 Å². The first-order chi connectivity index (χ1) is 12.5. The standard InChI is InChI=1S/C19H21N3O4/c1-13-5-6-15(12-14(13)2)20-17(23)19(25)22-9-7-21(8-10-22)18(24)16-4-3-11-26-16/h3-6,11-12H,7-10H2,1-2H3,(H,20,23). The number of amides is 3. The molecule has 1 fully saturated rings. The Morgan fingerprint density at radius 3 is 2.27 bits per heavy atom. The van der Waals surface area contributed by atoms with Crippen molar-refractivity contribution in [3.63, 3.8) is 0 Å². The molecule has 0 aliphatic carbocycles. The van der Waals surface area contributed by atoms with Gasteiger partial charge in [0.2, 0.25) is 0 Å². The van der Waals surface area contributed by atoms with Crippen LogP contribution in [-0.4, -0.2) is 53.7 Å². The molecule has 1 aliphatic rings. The van der Waals surface area contributed by atoms with Gasteiger partial charge in [0.15, 0.2) is 5.76 Å². The van der Waals surface area contributed by atoms with Crippen LogP contribution in [0.15, 0.2) is 41.0 Å². The molecule has 7 nitrogen and oxygen atoms in total. The number of aryl methyl sites for hydroxylation is 2. The second-order valence-corrected chi connectivity index (χ2v) is 6.31. The lowest BCUT2D eigenvalue weighted by molar-refractivity contribution is -0.144. The number of nitrogens with zero attached hydrogens (tertiary/aromatic N) is 2. The van der Waals surface area contributed by atoms with E-state index in [4.69, 9.17) is 4.42 Å². The quantitative estimate of drug-likeness (QED) is 0.833. The van der Waals surface area contributed by atoms with Gasteiger partial charge >= 0.3 is 11.8 Å². The molecule has 0 unspecified atom stereocenters. The fourth-order valence-electron chi connectivity index (χ4n) is 2.82. The van der Waals surface area contributed by atoms with Gasteiger partial charge in [-0.3, -0.25) is 14.4 Å². The summed E-state index contributed by atoms with van der Waals surface area (Å²) in [5.74, 6) is -1.19. The average Bonchev–Trinajstić information content (AvgIpc) is 3.18. The van der Waals surface area contributed by atoms with E-state index in [1.807, 2.05) is 26.0 Å². The predicted octanol–water partition coefficient (Wildman–Crippen LogP) is 1.82. The molecule has 1 saturated heterocycles. The Labute approximate surface area is 151 Å². The molecule has 26 heavy (non-hydrogen) atoms. The van der Waals surface area contributed by atoms with Gasteiger partial charge in [-0.2, -0.15) is 0 Å². The van der Waals surface area contributed by atoms with Crippen LogP contribution in [0.25, 0.3) is 0 Å². The lowest BCUT2D eigenvalue weighted by Gasteiger charge is -2.33. The molecule has 1 aliphatic heterocycles. The molecule has 1 N–H and O–H groups in total. The molecule has 3 rings (SSSR count). The molecule has 1 aromatic heterocycles. The number of carbonyl (C=O) groups is 3. The molecule has 0 atom stereocenters. The van der Waals surface area contributed by atoms with E-state index in [1.54, 1.807) is 23.1 Å². The molecule has 0 bridgehead atoms. The van der Waals surface area contributed by atoms with Crippen LogP contribution < -0.4 is 5.32 Å². The molecular weight excluding hydrogens is 334 g/mol. The fraction of sp³-hybridized carbons (Fsp3) is 0.316. The fourth-order valence-corrected chi connectivity index (χ4v) is 2.82. The van der Waals surface area contributed by atoms with Crippen molar-refractivity contribution in [1.29, 1.82) is 0 Å². The highest BCUT2D eigenvalue weighted by Crippen LogP contribution is 2.15. The Morgan fingerprint density at radius 2 is 1.65 bits per heavy atom. The Hall–Kier alpha value is -3.09. The molecule has 7 heteroatoms. The maximum Gasteiger partial charge on any atom is 0.313 e. The number of carbonyl (C=O) groups excluding carboxylic acids is 3. The van der Waals surface area contributed by atoms with Gasteiger partial charge in [0.25, 0.3) is 5.91 Å². The van der Waals surface area contributed by atoms with Gasteiger partial charge in [-0.15, -0.1) is 0 Å². The monoisotopic (exact) mass is 355 g/mol. The molecule has 0 radical (unpaired) electrons. The Balaban J connectivity index is 1.55. The second-order valence-electron chi connectivity index (χ2n) is 6.31. The lowest BCUT2D eigenvalue weighted by Crippen LogP contribution is -2.52. The summed E-state index contributed by atoms with van der Waals surface area (Å²) >= 11 is 0. The van der Waals surface area contributed by atoms with Gasteiger partial charge in [-0.1, -0.05) is 6.07 Å². The van der Waals surface area contributed by atoms with Gasteiger partial charge in [-0.05, 0) is 49.2 Å². The highest BCUT2D eigenvalue weighted by molar-refractivity contribution is 6.39. The summed E-state index contributed by atoms with van der Waals surface area (Å²) < 4.78 is 5.11. The Bertz CT molecular complexity index is 821. The van der Waals surface area contributed by atoms with E-state index in [9.17, 15) is 14.4 Å². The van der Waals surface area contributed by atoms with E-state index in [2.05, 4.69) is 5.32 Å². The number of anilines is 1. The first-order valence-electron chi connectivity index (χ1n) is 8.46. The van der Waals surface area contributed by atoms with E-state index in [0.29, 0.717) is 31.9 Å². The van der Waals surface area contributed by atoms with Crippen molar-refractivity contribution >= 4 is 23.4 Å². The van der Waals surface area contributed by atoms with E-state index in [0.717, 1.165) is 11.1 Å². The summed E-state index contributed by atoms with van der Waals surface area (Å²) in [5, 5.41) is 2.64. The number of hydrogen-bond donors (Lipinski definition) is 1. The predicted molar refractivity (Wildman–Crippen MR) is 95.7 cm³/mol. The van der Waals surface area contributed by atoms with Gasteiger partial charge in [0.1, 0.15) is 0 Å². The molecule has 3 amide bonds. The Morgan fingerprint density at radius 1 is 0.962 bits per heavy atom. The third kappa shape index (κ3) is 3.77. The average molecular weight is 355 g/mol. The van der Waals surface area contributed by atoms with Gasteiger partial charge in [0, 0.05) is 31.9 Å². The zero-order chi connectivity index (χ0) is 18.7. The molecule has 2 heterocycles. The zero-order valence-corrected chi connectivity index (χ0v) is 14.8. The molecule has 136 valence electrons. The largest absolute Gasteiger partial charge is 0.459 e. The van der Waals surface area contributed by atoms with Crippen LogP contribution in [-0.2, 0) is 9.59 Å². The smallest absolute Gasteiger partial charge is 0.313 e. The zero-order valence-electron chi connectivity index (χ0n) is 14.8. The normalized spacial score (nSPS) is 14.2. The summed E-state index contributed by atoms with van der Waals surface area (Å²) in [7, 11) is 0. The molecule has 0 saturated carbocycles. The van der Waals surface area contributed by atoms with Crippen LogP contribution in [0.4, 0.5) is 5.69 Å². The lowest BCUT2D eigenvalue weighted by atomic mass is 10.1. The molecular formula is C19H21N3O4. The van der Waals surface area contributed by atoms with Crippen LogP contribution in [0.3, 0.4) is 0 Å². The first kappa shape index (κ1) is 17.7. The third-order valence-corrected chi connectivity index (χ3v) is 4.55. The summed E-state index contributed by atoms with van der Waals surface area (Å²) in [5.41, 5.74) is 2.75. The van der Waals surface area contributed by atoms with E-state index < -0.39 is 11.8 Å². The summed E-state index contributed by atoms with van der Waals surface area (Å²) in [6.07, 6.45) is 1.45. The minimum Gasteiger partial charge on any atom is -0.459 e. The minimum atomic E-state index is -0.668. The van der Waals surface area contributed by atoms with E-state index >= 15 is 0 Å². The number of hydrogen-bond acceptors (Lipinski definition) is 4. The van der Waals surface area contributed by atoms with Crippen LogP contribution in [0, 0.1) is 13.8 Å². The summed E-state index contributed by atoms with van der Waals surface area (Å²) in [6, 6.07) is 8.77.